The minimum absolute atomic E-state index is 0.0517. The van der Waals surface area contributed by atoms with E-state index < -0.39 is 35.2 Å². The summed E-state index contributed by atoms with van der Waals surface area (Å²) in [6.07, 6.45) is 0. The number of hydrogen-bond donors (Lipinski definition) is 0. The van der Waals surface area contributed by atoms with E-state index in [1.807, 2.05) is 0 Å². The molecule has 0 bridgehead atoms. The number of rotatable bonds is 2. The van der Waals surface area contributed by atoms with Gasteiger partial charge in [0.15, 0.2) is 17.4 Å². The van der Waals surface area contributed by atoms with E-state index in [1.165, 1.54) is 6.07 Å². The maximum Gasteiger partial charge on any atom is 0.387 e. The van der Waals surface area contributed by atoms with Crippen molar-refractivity contribution in [2.75, 3.05) is 0 Å². The minimum Gasteiger partial charge on any atom is -0.429 e. The van der Waals surface area contributed by atoms with E-state index in [0.29, 0.717) is 5.56 Å². The molecule has 0 fully saturated rings. The lowest BCUT2D eigenvalue weighted by molar-refractivity contribution is -0.0544. The topological polar surface area (TPSA) is 9.23 Å². The molecule has 0 heterocycles. The van der Waals surface area contributed by atoms with Gasteiger partial charge in [-0.05, 0) is 30.0 Å². The number of aryl methyl sites for hydroxylation is 1. The van der Waals surface area contributed by atoms with Crippen molar-refractivity contribution in [2.24, 2.45) is 0 Å². The molecule has 0 aromatic heterocycles. The summed E-state index contributed by atoms with van der Waals surface area (Å²) in [5.41, 5.74) is 0.460. The monoisotopic (exact) mass is 262 g/mol. The lowest BCUT2D eigenvalue weighted by atomic mass is 10.1. The van der Waals surface area contributed by atoms with Crippen LogP contribution in [0.1, 0.15) is 5.56 Å². The van der Waals surface area contributed by atoms with Gasteiger partial charge in [-0.1, -0.05) is 6.07 Å². The molecule has 0 spiro atoms. The highest BCUT2D eigenvalue weighted by Crippen LogP contribution is 2.32. The third-order valence-corrected chi connectivity index (χ3v) is 2.39. The van der Waals surface area contributed by atoms with Crippen LogP contribution >= 0.6 is 0 Å². The molecule has 0 amide bonds. The van der Waals surface area contributed by atoms with E-state index >= 15 is 0 Å². The fourth-order valence-corrected chi connectivity index (χ4v) is 1.73. The molecule has 0 aliphatic heterocycles. The number of benzene rings is 2. The van der Waals surface area contributed by atoms with Gasteiger partial charge in [0.05, 0.1) is 5.39 Å². The van der Waals surface area contributed by atoms with Crippen LogP contribution in [0, 0.1) is 24.4 Å². The Balaban J connectivity index is 2.76. The predicted molar refractivity (Wildman–Crippen MR) is 55.2 cm³/mol. The Labute approximate surface area is 98.8 Å². The Kier molecular flexibility index (Phi) is 3.11. The third kappa shape index (κ3) is 2.10. The van der Waals surface area contributed by atoms with Gasteiger partial charge in [-0.2, -0.15) is 8.78 Å². The second-order valence-corrected chi connectivity index (χ2v) is 3.72. The second kappa shape index (κ2) is 4.44. The molecule has 6 heteroatoms. The lowest BCUT2D eigenvalue weighted by Crippen LogP contribution is -2.06. The summed E-state index contributed by atoms with van der Waals surface area (Å²) in [6.45, 7) is -1.85. The van der Waals surface area contributed by atoms with Crippen molar-refractivity contribution in [3.05, 3.63) is 41.2 Å². The van der Waals surface area contributed by atoms with Gasteiger partial charge in [-0.25, -0.2) is 13.2 Å². The highest BCUT2D eigenvalue weighted by Gasteiger charge is 2.21. The molecule has 2 rings (SSSR count). The average Bonchev–Trinajstić information content (AvgIpc) is 2.22. The number of alkyl halides is 2. The molecule has 2 aromatic carbocycles. The van der Waals surface area contributed by atoms with Crippen LogP contribution in [0.2, 0.25) is 0 Å². The van der Waals surface area contributed by atoms with E-state index in [9.17, 15) is 22.0 Å². The molecule has 0 atom stereocenters. The van der Waals surface area contributed by atoms with E-state index in [1.54, 1.807) is 6.92 Å². The van der Waals surface area contributed by atoms with Gasteiger partial charge < -0.3 is 4.74 Å². The summed E-state index contributed by atoms with van der Waals surface area (Å²) in [7, 11) is 0. The van der Waals surface area contributed by atoms with Crippen LogP contribution in [0.5, 0.6) is 5.75 Å². The average molecular weight is 262 g/mol. The molecule has 0 radical (unpaired) electrons. The van der Waals surface area contributed by atoms with Crippen molar-refractivity contribution in [1.82, 2.24) is 0 Å². The molecule has 0 saturated carbocycles. The molecule has 2 aromatic rings. The van der Waals surface area contributed by atoms with Gasteiger partial charge >= 0.3 is 6.61 Å². The molecule has 0 aliphatic carbocycles. The molecule has 0 aliphatic rings. The van der Waals surface area contributed by atoms with Crippen LogP contribution in [0.4, 0.5) is 22.0 Å². The zero-order valence-electron chi connectivity index (χ0n) is 9.11. The van der Waals surface area contributed by atoms with E-state index in [-0.39, 0.29) is 5.39 Å². The number of halogens is 5. The molecule has 0 unspecified atom stereocenters. The summed E-state index contributed by atoms with van der Waals surface area (Å²) in [4.78, 5) is 0. The van der Waals surface area contributed by atoms with Crippen LogP contribution in [0.15, 0.2) is 18.2 Å². The Morgan fingerprint density at radius 3 is 2.28 bits per heavy atom. The Morgan fingerprint density at radius 1 is 1.00 bits per heavy atom. The largest absolute Gasteiger partial charge is 0.429 e. The van der Waals surface area contributed by atoms with Gasteiger partial charge in [0.1, 0.15) is 5.82 Å². The Bertz CT molecular complexity index is 609. The molecule has 0 N–H and O–H groups in total. The number of fused-ring (bicyclic) bond motifs is 1. The van der Waals surface area contributed by atoms with Crippen molar-refractivity contribution in [1.29, 1.82) is 0 Å². The summed E-state index contributed by atoms with van der Waals surface area (Å²) in [5, 5.41) is -0.623. The highest BCUT2D eigenvalue weighted by atomic mass is 19.3. The normalized spacial score (nSPS) is 11.3. The summed E-state index contributed by atoms with van der Waals surface area (Å²) < 4.78 is 68.4. The molecule has 0 saturated heterocycles. The van der Waals surface area contributed by atoms with E-state index in [4.69, 9.17) is 0 Å². The van der Waals surface area contributed by atoms with Gasteiger partial charge in [0, 0.05) is 0 Å². The van der Waals surface area contributed by atoms with Crippen LogP contribution < -0.4 is 4.74 Å². The molecular formula is C12H7F5O. The van der Waals surface area contributed by atoms with E-state index in [0.717, 1.165) is 12.1 Å². The van der Waals surface area contributed by atoms with Crippen molar-refractivity contribution >= 4 is 10.8 Å². The third-order valence-electron chi connectivity index (χ3n) is 2.39. The first-order valence-electron chi connectivity index (χ1n) is 4.93. The van der Waals surface area contributed by atoms with E-state index in [2.05, 4.69) is 4.74 Å². The molecule has 18 heavy (non-hydrogen) atoms. The fraction of sp³-hybridized carbons (Fsp3) is 0.167. The highest BCUT2D eigenvalue weighted by molar-refractivity contribution is 5.86. The van der Waals surface area contributed by atoms with Gasteiger partial charge in [-0.3, -0.25) is 0 Å². The summed E-state index contributed by atoms with van der Waals surface area (Å²) in [6, 6.07) is 3.12. The summed E-state index contributed by atoms with van der Waals surface area (Å²) in [5.74, 6) is -5.00. The molecule has 96 valence electrons. The second-order valence-electron chi connectivity index (χ2n) is 3.72. The predicted octanol–water partition coefficient (Wildman–Crippen LogP) is 4.17. The SMILES string of the molecule is Cc1cc(F)c2c(F)c(OC(F)F)c(F)cc2c1. The maximum atomic E-state index is 13.7. The van der Waals surface area contributed by atoms with Gasteiger partial charge in [-0.15, -0.1) is 0 Å². The van der Waals surface area contributed by atoms with Gasteiger partial charge in [0.2, 0.25) is 0 Å². The smallest absolute Gasteiger partial charge is 0.387 e. The minimum atomic E-state index is -3.39. The quantitative estimate of drug-likeness (QED) is 0.738. The van der Waals surface area contributed by atoms with Crippen LogP contribution in [0.3, 0.4) is 0 Å². The number of ether oxygens (including phenoxy) is 1. The van der Waals surface area contributed by atoms with Crippen molar-refractivity contribution in [2.45, 2.75) is 13.5 Å². The maximum absolute atomic E-state index is 13.7. The standard InChI is InChI=1S/C12H7F5O/c1-5-2-6-4-8(14)11(18-12(16)17)10(15)9(6)7(13)3-5/h2-4,12H,1H3. The van der Waals surface area contributed by atoms with Crippen molar-refractivity contribution < 1.29 is 26.7 Å². The molecular weight excluding hydrogens is 255 g/mol. The first-order valence-corrected chi connectivity index (χ1v) is 4.93. The van der Waals surface area contributed by atoms with Crippen molar-refractivity contribution in [3.63, 3.8) is 0 Å². The Hall–Kier alpha value is -1.85. The number of hydrogen-bond acceptors (Lipinski definition) is 1. The molecule has 1 nitrogen and oxygen atoms in total. The zero-order chi connectivity index (χ0) is 13.4. The van der Waals surface area contributed by atoms with Gasteiger partial charge in [0.25, 0.3) is 0 Å². The van der Waals surface area contributed by atoms with Crippen LogP contribution in [-0.4, -0.2) is 6.61 Å². The fourth-order valence-electron chi connectivity index (χ4n) is 1.73. The lowest BCUT2D eigenvalue weighted by Gasteiger charge is -2.10. The van der Waals surface area contributed by atoms with Crippen LogP contribution in [-0.2, 0) is 0 Å². The van der Waals surface area contributed by atoms with Crippen LogP contribution in [0.25, 0.3) is 10.8 Å². The Morgan fingerprint density at radius 2 is 1.67 bits per heavy atom. The zero-order valence-corrected chi connectivity index (χ0v) is 9.11. The van der Waals surface area contributed by atoms with Crippen molar-refractivity contribution in [3.8, 4) is 5.75 Å². The first kappa shape index (κ1) is 12.6. The summed E-state index contributed by atoms with van der Waals surface area (Å²) >= 11 is 0. The first-order chi connectivity index (χ1) is 8.40.